The van der Waals surface area contributed by atoms with E-state index in [1.807, 2.05) is 19.0 Å². The maximum atomic E-state index is 11.2. The van der Waals surface area contributed by atoms with E-state index < -0.39 is 17.5 Å². The third-order valence-electron chi connectivity index (χ3n) is 1.90. The van der Waals surface area contributed by atoms with Crippen molar-refractivity contribution in [2.75, 3.05) is 20.6 Å². The monoisotopic (exact) mass is 229 g/mol. The second-order valence-corrected chi connectivity index (χ2v) is 4.41. The molecule has 0 aromatic carbocycles. The zero-order chi connectivity index (χ0) is 12.8. The highest BCUT2D eigenvalue weighted by atomic mass is 16.6. The molecule has 0 saturated carbocycles. The SMILES string of the molecule is CN(C)CCC(C)(C)OC(=O)/C=C/C(=O)O. The van der Waals surface area contributed by atoms with Crippen LogP contribution in [0.4, 0.5) is 0 Å². The smallest absolute Gasteiger partial charge is 0.331 e. The van der Waals surface area contributed by atoms with Gasteiger partial charge in [0, 0.05) is 18.7 Å². The number of hydrogen-bond donors (Lipinski definition) is 1. The van der Waals surface area contributed by atoms with Crippen LogP contribution < -0.4 is 0 Å². The highest BCUT2D eigenvalue weighted by Gasteiger charge is 2.21. The Kier molecular flexibility index (Phi) is 5.74. The van der Waals surface area contributed by atoms with Crippen molar-refractivity contribution in [3.05, 3.63) is 12.2 Å². The van der Waals surface area contributed by atoms with Crippen molar-refractivity contribution in [2.45, 2.75) is 25.9 Å². The number of carbonyl (C=O) groups is 2. The molecule has 92 valence electrons. The molecule has 0 spiro atoms. The van der Waals surface area contributed by atoms with Gasteiger partial charge < -0.3 is 14.7 Å². The average molecular weight is 229 g/mol. The molecular formula is C11H19NO4. The van der Waals surface area contributed by atoms with Crippen LogP contribution >= 0.6 is 0 Å². The molecule has 16 heavy (non-hydrogen) atoms. The van der Waals surface area contributed by atoms with Gasteiger partial charge in [0.25, 0.3) is 0 Å². The van der Waals surface area contributed by atoms with Gasteiger partial charge in [0.2, 0.25) is 0 Å². The topological polar surface area (TPSA) is 66.8 Å². The summed E-state index contributed by atoms with van der Waals surface area (Å²) in [5.41, 5.74) is -0.593. The van der Waals surface area contributed by atoms with Gasteiger partial charge in [-0.25, -0.2) is 9.59 Å². The number of carbonyl (C=O) groups excluding carboxylic acids is 1. The second-order valence-electron chi connectivity index (χ2n) is 4.41. The Hall–Kier alpha value is -1.36. The Labute approximate surface area is 95.7 Å². The molecule has 0 aromatic rings. The predicted octanol–water partition coefficient (Wildman–Crippen LogP) is 0.901. The maximum absolute atomic E-state index is 11.2. The van der Waals surface area contributed by atoms with E-state index in [1.165, 1.54) is 0 Å². The zero-order valence-corrected chi connectivity index (χ0v) is 10.2. The normalized spacial score (nSPS) is 12.1. The van der Waals surface area contributed by atoms with Crippen LogP contribution in [0.1, 0.15) is 20.3 Å². The van der Waals surface area contributed by atoms with Gasteiger partial charge in [0.15, 0.2) is 0 Å². The quantitative estimate of drug-likeness (QED) is 0.541. The largest absolute Gasteiger partial charge is 0.478 e. The van der Waals surface area contributed by atoms with Crippen molar-refractivity contribution < 1.29 is 19.4 Å². The standard InChI is InChI=1S/C11H19NO4/c1-11(2,7-8-12(3)4)16-10(15)6-5-9(13)14/h5-6H,7-8H2,1-4H3,(H,13,14)/b6-5+. The molecule has 5 nitrogen and oxygen atoms in total. The van der Waals surface area contributed by atoms with Crippen LogP contribution in [0.3, 0.4) is 0 Å². The summed E-state index contributed by atoms with van der Waals surface area (Å²) in [5, 5.41) is 8.34. The van der Waals surface area contributed by atoms with Crippen LogP contribution in [-0.2, 0) is 14.3 Å². The minimum atomic E-state index is -1.16. The molecule has 0 heterocycles. The number of hydrogen-bond acceptors (Lipinski definition) is 4. The lowest BCUT2D eigenvalue weighted by molar-refractivity contribution is -0.151. The van der Waals surface area contributed by atoms with Gasteiger partial charge in [-0.1, -0.05) is 0 Å². The molecule has 0 radical (unpaired) electrons. The molecule has 0 amide bonds. The Balaban J connectivity index is 4.14. The van der Waals surface area contributed by atoms with Crippen molar-refractivity contribution in [3.8, 4) is 0 Å². The molecule has 0 aliphatic rings. The molecular weight excluding hydrogens is 210 g/mol. The van der Waals surface area contributed by atoms with E-state index in [9.17, 15) is 9.59 Å². The molecule has 0 fully saturated rings. The molecule has 0 aromatic heterocycles. The van der Waals surface area contributed by atoms with Crippen molar-refractivity contribution in [2.24, 2.45) is 0 Å². The number of nitrogens with zero attached hydrogens (tertiary/aromatic N) is 1. The predicted molar refractivity (Wildman–Crippen MR) is 60.1 cm³/mol. The summed E-state index contributed by atoms with van der Waals surface area (Å²) in [6.07, 6.45) is 2.37. The number of ether oxygens (including phenoxy) is 1. The van der Waals surface area contributed by atoms with Crippen LogP contribution in [0.25, 0.3) is 0 Å². The summed E-state index contributed by atoms with van der Waals surface area (Å²) in [4.78, 5) is 23.4. The fourth-order valence-electron chi connectivity index (χ4n) is 0.990. The Morgan fingerprint density at radius 3 is 2.31 bits per heavy atom. The summed E-state index contributed by atoms with van der Waals surface area (Å²) in [5.74, 6) is -1.80. The van der Waals surface area contributed by atoms with E-state index in [-0.39, 0.29) is 0 Å². The molecule has 0 aliphatic heterocycles. The van der Waals surface area contributed by atoms with Gasteiger partial charge >= 0.3 is 11.9 Å². The Bertz CT molecular complexity index is 282. The molecule has 0 atom stereocenters. The van der Waals surface area contributed by atoms with Crippen LogP contribution in [0.5, 0.6) is 0 Å². The van der Waals surface area contributed by atoms with Crippen LogP contribution in [0, 0.1) is 0 Å². The average Bonchev–Trinajstić information content (AvgIpc) is 2.11. The van der Waals surface area contributed by atoms with Crippen molar-refractivity contribution in [3.63, 3.8) is 0 Å². The molecule has 0 saturated heterocycles. The molecule has 0 bridgehead atoms. The third-order valence-corrected chi connectivity index (χ3v) is 1.90. The van der Waals surface area contributed by atoms with E-state index in [0.717, 1.165) is 18.7 Å². The van der Waals surface area contributed by atoms with E-state index >= 15 is 0 Å². The Morgan fingerprint density at radius 1 is 1.31 bits per heavy atom. The lowest BCUT2D eigenvalue weighted by Crippen LogP contribution is -2.31. The van der Waals surface area contributed by atoms with Crippen molar-refractivity contribution >= 4 is 11.9 Å². The van der Waals surface area contributed by atoms with Crippen LogP contribution in [0.2, 0.25) is 0 Å². The minimum Gasteiger partial charge on any atom is -0.478 e. The van der Waals surface area contributed by atoms with E-state index in [0.29, 0.717) is 6.42 Å². The molecule has 1 N–H and O–H groups in total. The fourth-order valence-corrected chi connectivity index (χ4v) is 0.990. The van der Waals surface area contributed by atoms with Gasteiger partial charge in [-0.15, -0.1) is 0 Å². The van der Waals surface area contributed by atoms with Gasteiger partial charge in [-0.3, -0.25) is 0 Å². The lowest BCUT2D eigenvalue weighted by Gasteiger charge is -2.25. The van der Waals surface area contributed by atoms with E-state index in [1.54, 1.807) is 13.8 Å². The lowest BCUT2D eigenvalue weighted by atomic mass is 10.1. The number of esters is 1. The first-order valence-corrected chi connectivity index (χ1v) is 5.01. The highest BCUT2D eigenvalue weighted by molar-refractivity contribution is 5.90. The molecule has 0 aliphatic carbocycles. The van der Waals surface area contributed by atoms with E-state index in [2.05, 4.69) is 0 Å². The highest BCUT2D eigenvalue weighted by Crippen LogP contribution is 2.15. The first-order valence-electron chi connectivity index (χ1n) is 5.01. The zero-order valence-electron chi connectivity index (χ0n) is 10.2. The maximum Gasteiger partial charge on any atom is 0.331 e. The summed E-state index contributed by atoms with van der Waals surface area (Å²) in [6.45, 7) is 4.38. The number of carboxylic acids is 1. The first kappa shape index (κ1) is 14.6. The molecule has 5 heteroatoms. The van der Waals surface area contributed by atoms with E-state index in [4.69, 9.17) is 9.84 Å². The van der Waals surface area contributed by atoms with Crippen LogP contribution in [0.15, 0.2) is 12.2 Å². The van der Waals surface area contributed by atoms with Gasteiger partial charge in [-0.05, 0) is 34.4 Å². The van der Waals surface area contributed by atoms with Crippen molar-refractivity contribution in [1.82, 2.24) is 4.90 Å². The number of aliphatic carboxylic acids is 1. The Morgan fingerprint density at radius 2 is 1.88 bits per heavy atom. The molecule has 0 unspecified atom stereocenters. The van der Waals surface area contributed by atoms with Gasteiger partial charge in [0.05, 0.1) is 0 Å². The first-order chi connectivity index (χ1) is 7.23. The minimum absolute atomic E-state index is 0.593. The number of carboxylic acid groups (broad SMARTS) is 1. The summed E-state index contributed by atoms with van der Waals surface area (Å²) >= 11 is 0. The fraction of sp³-hybridized carbons (Fsp3) is 0.636. The van der Waals surface area contributed by atoms with Gasteiger partial charge in [0.1, 0.15) is 5.60 Å². The van der Waals surface area contributed by atoms with Gasteiger partial charge in [-0.2, -0.15) is 0 Å². The molecule has 0 rings (SSSR count). The van der Waals surface area contributed by atoms with Crippen LogP contribution in [-0.4, -0.2) is 48.2 Å². The summed E-state index contributed by atoms with van der Waals surface area (Å²) in [7, 11) is 3.87. The second kappa shape index (κ2) is 6.27. The number of rotatable bonds is 6. The third kappa shape index (κ3) is 7.99. The summed E-state index contributed by atoms with van der Waals surface area (Å²) in [6, 6.07) is 0. The van der Waals surface area contributed by atoms with Crippen molar-refractivity contribution in [1.29, 1.82) is 0 Å². The summed E-state index contributed by atoms with van der Waals surface area (Å²) < 4.78 is 5.12.